The van der Waals surface area contributed by atoms with Crippen LogP contribution >= 0.6 is 0 Å². The summed E-state index contributed by atoms with van der Waals surface area (Å²) in [4.78, 5) is 13.4. The number of aryl methyl sites for hydroxylation is 2. The van der Waals surface area contributed by atoms with Crippen LogP contribution in [0.2, 0.25) is 0 Å². The van der Waals surface area contributed by atoms with Gasteiger partial charge in [-0.1, -0.05) is 29.8 Å². The van der Waals surface area contributed by atoms with Gasteiger partial charge in [0.2, 0.25) is 5.95 Å². The molecule has 0 saturated carbocycles. The predicted molar refractivity (Wildman–Crippen MR) is 102 cm³/mol. The highest BCUT2D eigenvalue weighted by atomic mass is 16.3. The van der Waals surface area contributed by atoms with E-state index in [1.165, 1.54) is 11.1 Å². The molecular formula is C19H20N6O. The molecule has 3 heterocycles. The van der Waals surface area contributed by atoms with Crippen LogP contribution in [0.15, 0.2) is 47.1 Å². The van der Waals surface area contributed by atoms with Gasteiger partial charge in [0.25, 0.3) is 0 Å². The summed E-state index contributed by atoms with van der Waals surface area (Å²) in [6.07, 6.45) is 2.49. The maximum atomic E-state index is 6.09. The first-order chi connectivity index (χ1) is 12.6. The SMILES string of the molecule is Cc1ccc(CCNc2nc(N)c3nc(-c4ccco4)n(C)c3n2)cc1. The largest absolute Gasteiger partial charge is 0.461 e. The molecule has 0 saturated heterocycles. The lowest BCUT2D eigenvalue weighted by atomic mass is 10.1. The molecule has 0 aliphatic carbocycles. The van der Waals surface area contributed by atoms with E-state index in [-0.39, 0.29) is 0 Å². The van der Waals surface area contributed by atoms with Gasteiger partial charge in [0, 0.05) is 13.6 Å². The molecule has 0 aliphatic rings. The Morgan fingerprint density at radius 3 is 2.65 bits per heavy atom. The van der Waals surface area contributed by atoms with Gasteiger partial charge in [0.05, 0.1) is 6.26 Å². The zero-order valence-corrected chi connectivity index (χ0v) is 14.7. The molecule has 7 nitrogen and oxygen atoms in total. The second-order valence-corrected chi connectivity index (χ2v) is 6.24. The van der Waals surface area contributed by atoms with Crippen molar-refractivity contribution < 1.29 is 4.42 Å². The third-order valence-electron chi connectivity index (χ3n) is 4.30. The van der Waals surface area contributed by atoms with Crippen molar-refractivity contribution in [3.8, 4) is 11.6 Å². The summed E-state index contributed by atoms with van der Waals surface area (Å²) in [5.74, 6) is 2.18. The number of hydrogen-bond acceptors (Lipinski definition) is 6. The van der Waals surface area contributed by atoms with Crippen LogP contribution in [0.25, 0.3) is 22.7 Å². The molecule has 1 aromatic carbocycles. The van der Waals surface area contributed by atoms with Crippen molar-refractivity contribution in [3.63, 3.8) is 0 Å². The van der Waals surface area contributed by atoms with Crippen LogP contribution in [0.1, 0.15) is 11.1 Å². The summed E-state index contributed by atoms with van der Waals surface area (Å²) in [5.41, 5.74) is 9.85. The summed E-state index contributed by atoms with van der Waals surface area (Å²) >= 11 is 0. The number of benzene rings is 1. The van der Waals surface area contributed by atoms with E-state index < -0.39 is 0 Å². The monoisotopic (exact) mass is 348 g/mol. The molecule has 132 valence electrons. The summed E-state index contributed by atoms with van der Waals surface area (Å²) in [6, 6.07) is 12.2. The Morgan fingerprint density at radius 1 is 1.12 bits per heavy atom. The van der Waals surface area contributed by atoms with E-state index in [9.17, 15) is 0 Å². The number of fused-ring (bicyclic) bond motifs is 1. The van der Waals surface area contributed by atoms with Crippen LogP contribution in [0.5, 0.6) is 0 Å². The number of aromatic nitrogens is 4. The van der Waals surface area contributed by atoms with Crippen molar-refractivity contribution in [3.05, 3.63) is 53.8 Å². The fourth-order valence-corrected chi connectivity index (χ4v) is 2.86. The number of anilines is 2. The van der Waals surface area contributed by atoms with Crippen molar-refractivity contribution in [2.75, 3.05) is 17.6 Å². The van der Waals surface area contributed by atoms with Gasteiger partial charge < -0.3 is 20.0 Å². The molecular weight excluding hydrogens is 328 g/mol. The lowest BCUT2D eigenvalue weighted by Gasteiger charge is -2.07. The third-order valence-corrected chi connectivity index (χ3v) is 4.30. The predicted octanol–water partition coefficient (Wildman–Crippen LogP) is 3.17. The molecule has 0 fully saturated rings. The molecule has 0 radical (unpaired) electrons. The Kier molecular flexibility index (Phi) is 4.04. The Balaban J connectivity index is 1.56. The lowest BCUT2D eigenvalue weighted by molar-refractivity contribution is 0.574. The molecule has 0 atom stereocenters. The average Bonchev–Trinajstić information content (AvgIpc) is 3.26. The number of nitrogens with two attached hydrogens (primary N) is 1. The topological polar surface area (TPSA) is 94.8 Å². The van der Waals surface area contributed by atoms with Gasteiger partial charge in [-0.3, -0.25) is 0 Å². The number of nitrogens with one attached hydrogen (secondary N) is 1. The minimum atomic E-state index is 0.348. The summed E-state index contributed by atoms with van der Waals surface area (Å²) in [6.45, 7) is 2.80. The average molecular weight is 348 g/mol. The van der Waals surface area contributed by atoms with Gasteiger partial charge in [0.1, 0.15) is 0 Å². The van der Waals surface area contributed by atoms with Gasteiger partial charge in [-0.15, -0.1) is 0 Å². The second kappa shape index (κ2) is 6.51. The second-order valence-electron chi connectivity index (χ2n) is 6.24. The lowest BCUT2D eigenvalue weighted by Crippen LogP contribution is -2.10. The highest BCUT2D eigenvalue weighted by molar-refractivity contribution is 5.85. The molecule has 3 N–H and O–H groups in total. The molecule has 26 heavy (non-hydrogen) atoms. The van der Waals surface area contributed by atoms with Crippen molar-refractivity contribution >= 4 is 22.9 Å². The van der Waals surface area contributed by atoms with Crippen molar-refractivity contribution in [1.82, 2.24) is 19.5 Å². The van der Waals surface area contributed by atoms with E-state index in [1.54, 1.807) is 6.26 Å². The van der Waals surface area contributed by atoms with Crippen LogP contribution in [-0.2, 0) is 13.5 Å². The minimum Gasteiger partial charge on any atom is -0.461 e. The van der Waals surface area contributed by atoms with Crippen molar-refractivity contribution in [1.29, 1.82) is 0 Å². The van der Waals surface area contributed by atoms with Gasteiger partial charge >= 0.3 is 0 Å². The van der Waals surface area contributed by atoms with Gasteiger partial charge in [-0.25, -0.2) is 4.98 Å². The van der Waals surface area contributed by atoms with Crippen LogP contribution in [0, 0.1) is 6.92 Å². The molecule has 0 spiro atoms. The van der Waals surface area contributed by atoms with Gasteiger partial charge in [-0.2, -0.15) is 9.97 Å². The van der Waals surface area contributed by atoms with Crippen molar-refractivity contribution in [2.24, 2.45) is 7.05 Å². The highest BCUT2D eigenvalue weighted by Gasteiger charge is 2.17. The van der Waals surface area contributed by atoms with E-state index in [2.05, 4.69) is 51.5 Å². The Labute approximate surface area is 150 Å². The normalized spacial score (nSPS) is 11.2. The summed E-state index contributed by atoms with van der Waals surface area (Å²) in [7, 11) is 1.88. The molecule has 4 rings (SSSR count). The van der Waals surface area contributed by atoms with Crippen LogP contribution in [-0.4, -0.2) is 26.1 Å². The quantitative estimate of drug-likeness (QED) is 0.575. The number of rotatable bonds is 5. The van der Waals surface area contributed by atoms with Crippen molar-refractivity contribution in [2.45, 2.75) is 13.3 Å². The molecule has 0 amide bonds. The summed E-state index contributed by atoms with van der Waals surface area (Å²) < 4.78 is 7.29. The van der Waals surface area contributed by atoms with E-state index in [0.29, 0.717) is 34.5 Å². The van der Waals surface area contributed by atoms with Crippen LogP contribution in [0.3, 0.4) is 0 Å². The number of nitrogen functional groups attached to an aromatic ring is 1. The standard InChI is InChI=1S/C19H20N6O/c1-12-5-7-13(8-6-12)9-10-21-19-23-16(20)15-18(24-19)25(2)17(22-15)14-4-3-11-26-14/h3-8,11H,9-10H2,1-2H3,(H3,20,21,23,24). The fourth-order valence-electron chi connectivity index (χ4n) is 2.86. The third kappa shape index (κ3) is 2.99. The molecule has 7 heteroatoms. The molecule has 3 aromatic heterocycles. The van der Waals surface area contributed by atoms with E-state index >= 15 is 0 Å². The van der Waals surface area contributed by atoms with E-state index in [0.717, 1.165) is 13.0 Å². The van der Waals surface area contributed by atoms with Gasteiger partial charge in [-0.05, 0) is 31.0 Å². The molecule has 4 aromatic rings. The number of imidazole rings is 1. The van der Waals surface area contributed by atoms with Crippen LogP contribution in [0.4, 0.5) is 11.8 Å². The minimum absolute atomic E-state index is 0.348. The Morgan fingerprint density at radius 2 is 1.92 bits per heavy atom. The molecule has 0 bridgehead atoms. The van der Waals surface area contributed by atoms with E-state index in [1.807, 2.05) is 23.7 Å². The highest BCUT2D eigenvalue weighted by Crippen LogP contribution is 2.26. The van der Waals surface area contributed by atoms with E-state index in [4.69, 9.17) is 10.2 Å². The number of furan rings is 1. The Hall–Kier alpha value is -3.35. The Bertz CT molecular complexity index is 1030. The van der Waals surface area contributed by atoms with Gasteiger partial charge in [0.15, 0.2) is 28.6 Å². The van der Waals surface area contributed by atoms with Crippen LogP contribution < -0.4 is 11.1 Å². The fraction of sp³-hybridized carbons (Fsp3) is 0.211. The smallest absolute Gasteiger partial charge is 0.226 e. The maximum Gasteiger partial charge on any atom is 0.226 e. The summed E-state index contributed by atoms with van der Waals surface area (Å²) in [5, 5.41) is 3.25. The number of nitrogens with zero attached hydrogens (tertiary/aromatic N) is 4. The molecule has 0 aliphatic heterocycles. The first-order valence-electron chi connectivity index (χ1n) is 8.45. The molecule has 0 unspecified atom stereocenters. The maximum absolute atomic E-state index is 6.09. The number of hydrogen-bond donors (Lipinski definition) is 2. The first-order valence-corrected chi connectivity index (χ1v) is 8.45. The zero-order valence-electron chi connectivity index (χ0n) is 14.7. The first kappa shape index (κ1) is 16.1. The zero-order chi connectivity index (χ0) is 18.1.